The van der Waals surface area contributed by atoms with Gasteiger partial charge in [0.25, 0.3) is 0 Å². The minimum absolute atomic E-state index is 0.00358. The lowest BCUT2D eigenvalue weighted by Gasteiger charge is -2.40. The maximum absolute atomic E-state index is 13.4. The normalized spacial score (nSPS) is 28.8. The highest BCUT2D eigenvalue weighted by molar-refractivity contribution is 5.92. The van der Waals surface area contributed by atoms with E-state index in [9.17, 15) is 15.3 Å². The highest BCUT2D eigenvalue weighted by Crippen LogP contribution is 2.70. The SMILES string of the molecule is CC(C)(C)NC(=O)C12CCC(C)(c3nc(C#N)c(C#N)nc31)C2(C)C. The van der Waals surface area contributed by atoms with Crippen LogP contribution in [0.1, 0.15) is 77.2 Å². The summed E-state index contributed by atoms with van der Waals surface area (Å²) in [4.78, 5) is 22.4. The van der Waals surface area contributed by atoms with Gasteiger partial charge in [-0.3, -0.25) is 4.79 Å². The Morgan fingerprint density at radius 3 is 2.04 bits per heavy atom. The Kier molecular flexibility index (Phi) is 3.32. The number of carbonyl (C=O) groups is 1. The molecule has 1 aromatic rings. The number of amides is 1. The van der Waals surface area contributed by atoms with E-state index in [1.165, 1.54) is 0 Å². The molecule has 0 aliphatic heterocycles. The highest BCUT2D eigenvalue weighted by atomic mass is 16.2. The van der Waals surface area contributed by atoms with Gasteiger partial charge in [-0.1, -0.05) is 20.8 Å². The van der Waals surface area contributed by atoms with E-state index in [0.717, 1.165) is 6.42 Å². The van der Waals surface area contributed by atoms with E-state index in [4.69, 9.17) is 0 Å². The van der Waals surface area contributed by atoms with Gasteiger partial charge in [0.15, 0.2) is 11.4 Å². The van der Waals surface area contributed by atoms with Crippen molar-refractivity contribution in [1.82, 2.24) is 15.3 Å². The lowest BCUT2D eigenvalue weighted by atomic mass is 9.63. The second-order valence-electron chi connectivity index (χ2n) is 8.91. The first-order valence-corrected chi connectivity index (χ1v) is 8.50. The fourth-order valence-electron chi connectivity index (χ4n) is 4.59. The van der Waals surface area contributed by atoms with Crippen LogP contribution in [0.3, 0.4) is 0 Å². The molecule has 25 heavy (non-hydrogen) atoms. The van der Waals surface area contributed by atoms with E-state index < -0.39 is 10.8 Å². The number of nitriles is 2. The van der Waals surface area contributed by atoms with Crippen LogP contribution in [0.5, 0.6) is 0 Å². The van der Waals surface area contributed by atoms with Gasteiger partial charge in [-0.05, 0) is 39.0 Å². The standard InChI is InChI=1S/C19H23N5O/c1-16(2,3)24-15(25)19-8-7-18(6,17(19,4)5)13-14(19)23-12(10-21)11(9-20)22-13/h7-8H2,1-6H3,(H,24,25). The van der Waals surface area contributed by atoms with E-state index in [0.29, 0.717) is 17.8 Å². The molecule has 0 radical (unpaired) electrons. The first-order valence-electron chi connectivity index (χ1n) is 8.50. The summed E-state index contributed by atoms with van der Waals surface area (Å²) >= 11 is 0. The molecule has 2 unspecified atom stereocenters. The van der Waals surface area contributed by atoms with E-state index >= 15 is 0 Å². The summed E-state index contributed by atoms with van der Waals surface area (Å²) < 4.78 is 0. The van der Waals surface area contributed by atoms with Crippen LogP contribution in [0.4, 0.5) is 0 Å². The molecule has 0 saturated heterocycles. The van der Waals surface area contributed by atoms with Gasteiger partial charge in [-0.15, -0.1) is 0 Å². The quantitative estimate of drug-likeness (QED) is 0.848. The van der Waals surface area contributed by atoms with E-state index in [2.05, 4.69) is 36.1 Å². The van der Waals surface area contributed by atoms with Crippen molar-refractivity contribution in [2.45, 2.75) is 70.8 Å². The van der Waals surface area contributed by atoms with Crippen molar-refractivity contribution in [3.63, 3.8) is 0 Å². The number of carbonyl (C=O) groups excluding carboxylic acids is 1. The highest BCUT2D eigenvalue weighted by Gasteiger charge is 2.73. The zero-order chi connectivity index (χ0) is 18.8. The largest absolute Gasteiger partial charge is 0.351 e. The molecule has 0 spiro atoms. The molecule has 0 aromatic carbocycles. The topological polar surface area (TPSA) is 102 Å². The number of fused-ring (bicyclic) bond motifs is 5. The lowest BCUT2D eigenvalue weighted by molar-refractivity contribution is -0.132. The third kappa shape index (κ3) is 1.91. The zero-order valence-corrected chi connectivity index (χ0v) is 15.6. The summed E-state index contributed by atoms with van der Waals surface area (Å²) in [5.41, 5.74) is -0.679. The van der Waals surface area contributed by atoms with Crippen LogP contribution in [-0.4, -0.2) is 21.4 Å². The Morgan fingerprint density at radius 2 is 1.56 bits per heavy atom. The summed E-state index contributed by atoms with van der Waals surface area (Å²) in [5, 5.41) is 21.8. The van der Waals surface area contributed by atoms with Crippen LogP contribution in [-0.2, 0) is 15.6 Å². The Hall–Kier alpha value is -2.47. The van der Waals surface area contributed by atoms with Crippen molar-refractivity contribution >= 4 is 5.91 Å². The van der Waals surface area contributed by atoms with E-state index in [1.807, 2.05) is 32.9 Å². The molecule has 2 atom stereocenters. The monoisotopic (exact) mass is 337 g/mol. The van der Waals surface area contributed by atoms with Crippen LogP contribution >= 0.6 is 0 Å². The van der Waals surface area contributed by atoms with Gasteiger partial charge in [0.2, 0.25) is 5.91 Å². The zero-order valence-electron chi connectivity index (χ0n) is 15.6. The predicted octanol–water partition coefficient (Wildman–Crippen LogP) is 2.46. The van der Waals surface area contributed by atoms with Crippen LogP contribution in [0.25, 0.3) is 0 Å². The summed E-state index contributed by atoms with van der Waals surface area (Å²) in [6.45, 7) is 12.1. The molecule has 2 bridgehead atoms. The molecule has 1 heterocycles. The number of nitrogens with one attached hydrogen (secondary N) is 1. The van der Waals surface area contributed by atoms with Crippen molar-refractivity contribution in [1.29, 1.82) is 10.5 Å². The maximum atomic E-state index is 13.4. The van der Waals surface area contributed by atoms with Gasteiger partial charge >= 0.3 is 0 Å². The molecule has 130 valence electrons. The maximum Gasteiger partial charge on any atom is 0.233 e. The summed E-state index contributed by atoms with van der Waals surface area (Å²) in [6, 6.07) is 3.92. The van der Waals surface area contributed by atoms with Crippen molar-refractivity contribution in [3.8, 4) is 12.1 Å². The number of hydrogen-bond donors (Lipinski definition) is 1. The Bertz CT molecular complexity index is 868. The smallest absolute Gasteiger partial charge is 0.233 e. The minimum Gasteiger partial charge on any atom is -0.351 e. The third-order valence-electron chi connectivity index (χ3n) is 6.36. The fourth-order valence-corrected chi connectivity index (χ4v) is 4.59. The molecule has 6 heteroatoms. The molecular formula is C19H23N5O. The lowest BCUT2D eigenvalue weighted by Crippen LogP contribution is -2.55. The van der Waals surface area contributed by atoms with Crippen molar-refractivity contribution in [2.75, 3.05) is 0 Å². The Balaban J connectivity index is 2.31. The van der Waals surface area contributed by atoms with Gasteiger partial charge in [0.1, 0.15) is 12.1 Å². The molecular weight excluding hydrogens is 314 g/mol. The third-order valence-corrected chi connectivity index (χ3v) is 6.36. The summed E-state index contributed by atoms with van der Waals surface area (Å²) in [7, 11) is 0. The van der Waals surface area contributed by atoms with Gasteiger partial charge in [0, 0.05) is 11.0 Å². The van der Waals surface area contributed by atoms with Crippen LogP contribution in [0.2, 0.25) is 0 Å². The molecule has 3 rings (SSSR count). The van der Waals surface area contributed by atoms with Gasteiger partial charge < -0.3 is 5.32 Å². The molecule has 1 amide bonds. The minimum atomic E-state index is -0.836. The molecule has 1 N–H and O–H groups in total. The average molecular weight is 337 g/mol. The molecule has 2 aliphatic carbocycles. The average Bonchev–Trinajstić information content (AvgIpc) is 2.81. The molecule has 1 saturated carbocycles. The predicted molar refractivity (Wildman–Crippen MR) is 91.4 cm³/mol. The first-order chi connectivity index (χ1) is 11.4. The molecule has 6 nitrogen and oxygen atoms in total. The molecule has 1 aromatic heterocycles. The van der Waals surface area contributed by atoms with E-state index in [-0.39, 0.29) is 28.2 Å². The fraction of sp³-hybridized carbons (Fsp3) is 0.632. The van der Waals surface area contributed by atoms with Gasteiger partial charge in [0.05, 0.1) is 16.8 Å². The van der Waals surface area contributed by atoms with Crippen LogP contribution in [0, 0.1) is 28.1 Å². The second kappa shape index (κ2) is 4.79. The number of hydrogen-bond acceptors (Lipinski definition) is 5. The number of nitrogens with zero attached hydrogens (tertiary/aromatic N) is 4. The molecule has 1 fully saturated rings. The van der Waals surface area contributed by atoms with Gasteiger partial charge in [-0.2, -0.15) is 10.5 Å². The first kappa shape index (κ1) is 17.4. The summed E-state index contributed by atoms with van der Waals surface area (Å²) in [5.74, 6) is -0.0737. The second-order valence-corrected chi connectivity index (χ2v) is 8.91. The van der Waals surface area contributed by atoms with Crippen molar-refractivity contribution in [3.05, 3.63) is 22.8 Å². The Morgan fingerprint density at radius 1 is 1.04 bits per heavy atom. The van der Waals surface area contributed by atoms with Crippen molar-refractivity contribution in [2.24, 2.45) is 5.41 Å². The van der Waals surface area contributed by atoms with E-state index in [1.54, 1.807) is 0 Å². The van der Waals surface area contributed by atoms with Crippen LogP contribution in [0.15, 0.2) is 0 Å². The molecule has 2 aliphatic rings. The number of rotatable bonds is 1. The van der Waals surface area contributed by atoms with Gasteiger partial charge in [-0.25, -0.2) is 9.97 Å². The number of aromatic nitrogens is 2. The van der Waals surface area contributed by atoms with Crippen molar-refractivity contribution < 1.29 is 4.79 Å². The Labute approximate surface area is 148 Å². The summed E-state index contributed by atoms with van der Waals surface area (Å²) in [6.07, 6.45) is 1.47. The van der Waals surface area contributed by atoms with Crippen LogP contribution < -0.4 is 5.32 Å².